The van der Waals surface area contributed by atoms with Gasteiger partial charge in [-0.05, 0) is 55.0 Å². The fourth-order valence-corrected chi connectivity index (χ4v) is 3.42. The predicted molar refractivity (Wildman–Crippen MR) is 91.2 cm³/mol. The van der Waals surface area contributed by atoms with Gasteiger partial charge >= 0.3 is 0 Å². The van der Waals surface area contributed by atoms with Crippen molar-refractivity contribution < 1.29 is 4.74 Å². The summed E-state index contributed by atoms with van der Waals surface area (Å²) < 4.78 is 6.63. The van der Waals surface area contributed by atoms with Crippen LogP contribution in [0.25, 0.3) is 0 Å². The van der Waals surface area contributed by atoms with E-state index in [0.29, 0.717) is 6.04 Å². The fraction of sp³-hybridized carbons (Fsp3) is 0.333. The Morgan fingerprint density at radius 3 is 2.90 bits per heavy atom. The Balaban J connectivity index is 1.66. The molecule has 0 saturated heterocycles. The molecule has 1 unspecified atom stereocenters. The number of para-hydroxylation sites is 1. The van der Waals surface area contributed by atoms with E-state index in [2.05, 4.69) is 57.6 Å². The standard InChI is InChI=1S/C18H20BrNO/c1-21-17-7-3-5-14-9-11-16(20-18(14)17)10-8-13-4-2-6-15(19)12-13/h2-7,12,16,20H,8-11H2,1H3. The van der Waals surface area contributed by atoms with Gasteiger partial charge in [0, 0.05) is 10.5 Å². The molecule has 110 valence electrons. The number of halogens is 1. The first-order chi connectivity index (χ1) is 10.3. The van der Waals surface area contributed by atoms with E-state index in [1.54, 1.807) is 7.11 Å². The van der Waals surface area contributed by atoms with Crippen molar-refractivity contribution >= 4 is 21.6 Å². The maximum atomic E-state index is 5.47. The molecule has 1 aliphatic heterocycles. The van der Waals surface area contributed by atoms with Crippen molar-refractivity contribution in [2.24, 2.45) is 0 Å². The molecule has 1 heterocycles. The molecule has 3 rings (SSSR count). The van der Waals surface area contributed by atoms with Crippen LogP contribution in [0.3, 0.4) is 0 Å². The van der Waals surface area contributed by atoms with Gasteiger partial charge in [-0.3, -0.25) is 0 Å². The lowest BCUT2D eigenvalue weighted by Gasteiger charge is -2.28. The molecule has 3 heteroatoms. The van der Waals surface area contributed by atoms with E-state index < -0.39 is 0 Å². The summed E-state index contributed by atoms with van der Waals surface area (Å²) in [6.07, 6.45) is 4.56. The minimum Gasteiger partial charge on any atom is -0.495 e. The quantitative estimate of drug-likeness (QED) is 0.857. The van der Waals surface area contributed by atoms with Crippen LogP contribution in [0.1, 0.15) is 24.0 Å². The fourth-order valence-electron chi connectivity index (χ4n) is 2.97. The predicted octanol–water partition coefficient (Wildman–Crippen LogP) is 4.82. The topological polar surface area (TPSA) is 21.3 Å². The highest BCUT2D eigenvalue weighted by Gasteiger charge is 2.20. The van der Waals surface area contributed by atoms with E-state index in [0.717, 1.165) is 29.5 Å². The summed E-state index contributed by atoms with van der Waals surface area (Å²) in [6.45, 7) is 0. The zero-order chi connectivity index (χ0) is 14.7. The smallest absolute Gasteiger partial charge is 0.142 e. The number of anilines is 1. The van der Waals surface area contributed by atoms with Crippen molar-refractivity contribution in [3.05, 3.63) is 58.1 Å². The van der Waals surface area contributed by atoms with E-state index in [1.165, 1.54) is 23.2 Å². The van der Waals surface area contributed by atoms with E-state index in [9.17, 15) is 0 Å². The number of benzene rings is 2. The number of methoxy groups -OCH3 is 1. The monoisotopic (exact) mass is 345 g/mol. The van der Waals surface area contributed by atoms with Gasteiger partial charge in [-0.2, -0.15) is 0 Å². The van der Waals surface area contributed by atoms with Gasteiger partial charge in [0.25, 0.3) is 0 Å². The van der Waals surface area contributed by atoms with Crippen molar-refractivity contribution in [1.82, 2.24) is 0 Å². The van der Waals surface area contributed by atoms with Crippen LogP contribution in [0.4, 0.5) is 5.69 Å². The number of hydrogen-bond acceptors (Lipinski definition) is 2. The van der Waals surface area contributed by atoms with Crippen molar-refractivity contribution in [3.8, 4) is 5.75 Å². The summed E-state index contributed by atoms with van der Waals surface area (Å²) in [5.41, 5.74) is 3.94. The van der Waals surface area contributed by atoms with Gasteiger partial charge in [0.1, 0.15) is 5.75 Å². The summed E-state index contributed by atoms with van der Waals surface area (Å²) >= 11 is 3.54. The van der Waals surface area contributed by atoms with Gasteiger partial charge in [0.2, 0.25) is 0 Å². The molecule has 0 spiro atoms. The zero-order valence-corrected chi connectivity index (χ0v) is 13.8. The molecule has 0 bridgehead atoms. The molecule has 21 heavy (non-hydrogen) atoms. The molecular weight excluding hydrogens is 326 g/mol. The zero-order valence-electron chi connectivity index (χ0n) is 12.2. The van der Waals surface area contributed by atoms with E-state index in [-0.39, 0.29) is 0 Å². The van der Waals surface area contributed by atoms with Crippen molar-refractivity contribution in [2.45, 2.75) is 31.7 Å². The number of hydrogen-bond donors (Lipinski definition) is 1. The SMILES string of the molecule is COc1cccc2c1NC(CCc1cccc(Br)c1)CC2. The third kappa shape index (κ3) is 3.41. The van der Waals surface area contributed by atoms with E-state index >= 15 is 0 Å². The van der Waals surface area contributed by atoms with Crippen molar-refractivity contribution in [2.75, 3.05) is 12.4 Å². The van der Waals surface area contributed by atoms with Crippen LogP contribution < -0.4 is 10.1 Å². The second-order valence-corrected chi connectivity index (χ2v) is 6.46. The van der Waals surface area contributed by atoms with E-state index in [1.807, 2.05) is 6.07 Å². The maximum absolute atomic E-state index is 5.47. The van der Waals surface area contributed by atoms with Crippen molar-refractivity contribution in [3.63, 3.8) is 0 Å². The number of ether oxygens (including phenoxy) is 1. The first-order valence-electron chi connectivity index (χ1n) is 7.43. The van der Waals surface area contributed by atoms with Gasteiger partial charge in [-0.15, -0.1) is 0 Å². The minimum atomic E-state index is 0.521. The Kier molecular flexibility index (Phi) is 4.49. The second-order valence-electron chi connectivity index (χ2n) is 5.54. The maximum Gasteiger partial charge on any atom is 0.142 e. The summed E-state index contributed by atoms with van der Waals surface area (Å²) in [6, 6.07) is 15.4. The van der Waals surface area contributed by atoms with Gasteiger partial charge in [0.05, 0.1) is 12.8 Å². The highest BCUT2D eigenvalue weighted by atomic mass is 79.9. The molecule has 1 N–H and O–H groups in total. The average Bonchev–Trinajstić information content (AvgIpc) is 2.52. The Labute approximate surface area is 134 Å². The first-order valence-corrected chi connectivity index (χ1v) is 8.22. The Morgan fingerprint density at radius 2 is 2.10 bits per heavy atom. The molecule has 2 nitrogen and oxygen atoms in total. The Bertz CT molecular complexity index is 612. The highest BCUT2D eigenvalue weighted by Crippen LogP contribution is 2.34. The lowest BCUT2D eigenvalue weighted by Crippen LogP contribution is -2.26. The minimum absolute atomic E-state index is 0.521. The average molecular weight is 346 g/mol. The molecule has 0 amide bonds. The third-order valence-corrected chi connectivity index (χ3v) is 4.61. The number of aryl methyl sites for hydroxylation is 2. The molecule has 1 aliphatic rings. The van der Waals surface area contributed by atoms with Crippen LogP contribution in [0.15, 0.2) is 46.9 Å². The summed E-state index contributed by atoms with van der Waals surface area (Å²) in [4.78, 5) is 0. The third-order valence-electron chi connectivity index (χ3n) is 4.11. The molecule has 0 saturated carbocycles. The lowest BCUT2D eigenvalue weighted by atomic mass is 9.94. The Hall–Kier alpha value is -1.48. The summed E-state index contributed by atoms with van der Waals surface area (Å²) in [5.74, 6) is 0.958. The summed E-state index contributed by atoms with van der Waals surface area (Å²) in [5, 5.41) is 3.66. The normalized spacial score (nSPS) is 17.0. The molecule has 2 aromatic carbocycles. The van der Waals surface area contributed by atoms with Crippen LogP contribution >= 0.6 is 15.9 Å². The van der Waals surface area contributed by atoms with Crippen LogP contribution in [-0.4, -0.2) is 13.2 Å². The molecular formula is C18H20BrNO. The van der Waals surface area contributed by atoms with Crippen LogP contribution in [0.5, 0.6) is 5.75 Å². The van der Waals surface area contributed by atoms with Crippen LogP contribution in [0, 0.1) is 0 Å². The largest absolute Gasteiger partial charge is 0.495 e. The van der Waals surface area contributed by atoms with E-state index in [4.69, 9.17) is 4.74 Å². The molecule has 0 fully saturated rings. The molecule has 0 aromatic heterocycles. The number of fused-ring (bicyclic) bond motifs is 1. The van der Waals surface area contributed by atoms with Crippen LogP contribution in [-0.2, 0) is 12.8 Å². The Morgan fingerprint density at radius 1 is 1.24 bits per heavy atom. The van der Waals surface area contributed by atoms with Crippen LogP contribution in [0.2, 0.25) is 0 Å². The number of nitrogens with one attached hydrogen (secondary N) is 1. The van der Waals surface area contributed by atoms with Crippen molar-refractivity contribution in [1.29, 1.82) is 0 Å². The first kappa shape index (κ1) is 14.5. The molecule has 0 radical (unpaired) electrons. The molecule has 1 atom stereocenters. The van der Waals surface area contributed by atoms with Gasteiger partial charge in [-0.25, -0.2) is 0 Å². The highest BCUT2D eigenvalue weighted by molar-refractivity contribution is 9.10. The molecule has 2 aromatic rings. The van der Waals surface area contributed by atoms with Gasteiger partial charge in [-0.1, -0.05) is 40.2 Å². The van der Waals surface area contributed by atoms with Gasteiger partial charge < -0.3 is 10.1 Å². The lowest BCUT2D eigenvalue weighted by molar-refractivity contribution is 0.413. The van der Waals surface area contributed by atoms with Gasteiger partial charge in [0.15, 0.2) is 0 Å². The second kappa shape index (κ2) is 6.52. The summed E-state index contributed by atoms with van der Waals surface area (Å²) in [7, 11) is 1.74. The number of rotatable bonds is 4. The molecule has 0 aliphatic carbocycles.